The Hall–Kier alpha value is 2.08. The van der Waals surface area contributed by atoms with Crippen LogP contribution in [0.5, 0.6) is 0 Å². The zero-order valence-corrected chi connectivity index (χ0v) is 3.14. The fourth-order valence-electron chi connectivity index (χ4n) is 0. The van der Waals surface area contributed by atoms with Crippen molar-refractivity contribution in [2.24, 2.45) is 0 Å². The Morgan fingerprint density at radius 3 is 1.75 bits per heavy atom. The second kappa shape index (κ2) is 8.91. The van der Waals surface area contributed by atoms with Gasteiger partial charge in [-0.1, -0.05) is 12.2 Å². The van der Waals surface area contributed by atoms with Crippen LogP contribution in [0.3, 0.4) is 0 Å². The molecule has 0 spiro atoms. The van der Waals surface area contributed by atoms with Gasteiger partial charge in [0.1, 0.15) is 0 Å². The van der Waals surface area contributed by atoms with Gasteiger partial charge < -0.3 is 0 Å². The van der Waals surface area contributed by atoms with E-state index in [1.54, 1.807) is 0 Å². The van der Waals surface area contributed by atoms with Gasteiger partial charge in [-0.3, -0.25) is 0 Å². The number of rotatable bonds is 0. The molecule has 0 fully saturated rings. The zero-order chi connectivity index (χ0) is 2.71. The van der Waals surface area contributed by atoms with Gasteiger partial charge in [0.15, 0.2) is 0 Å². The molecule has 0 rings (SSSR count). The van der Waals surface area contributed by atoms with E-state index in [2.05, 4.69) is 24.8 Å². The third kappa shape index (κ3) is 8.95. The van der Waals surface area contributed by atoms with Gasteiger partial charge in [-0.2, -0.15) is 0 Å². The monoisotopic (exact) mass is 118 g/mol. The van der Waals surface area contributed by atoms with Gasteiger partial charge >= 0.3 is 51.4 Å². The number of thiol groups is 1. The molecule has 0 nitrogen and oxygen atoms in total. The molecule has 0 aromatic rings. The molecule has 4 heavy (non-hydrogen) atoms. The summed E-state index contributed by atoms with van der Waals surface area (Å²) in [5.41, 5.74) is 0. The van der Waals surface area contributed by atoms with E-state index in [0.717, 1.165) is 0 Å². The van der Waals surface area contributed by atoms with Crippen LogP contribution in [0.25, 0.3) is 0 Å². The van der Waals surface area contributed by atoms with Gasteiger partial charge in [-0.15, -0.1) is 12.6 Å². The molecule has 0 N–H and O–H groups in total. The van der Waals surface area contributed by atoms with Crippen molar-refractivity contribution in [2.75, 3.05) is 0 Å². The van der Waals surface area contributed by atoms with Crippen LogP contribution >= 0.6 is 24.8 Å². The molecule has 0 saturated carbocycles. The van der Waals surface area contributed by atoms with Crippen molar-refractivity contribution in [3.05, 3.63) is 0 Å². The molecule has 0 unspecified atom stereocenters. The van der Waals surface area contributed by atoms with Gasteiger partial charge in [0.2, 0.25) is 0 Å². The summed E-state index contributed by atoms with van der Waals surface area (Å²) in [7, 11) is 0. The first-order valence-electron chi connectivity index (χ1n) is 0.494. The van der Waals surface area contributed by atoms with E-state index in [0.29, 0.717) is 0 Å². The summed E-state index contributed by atoms with van der Waals surface area (Å²) >= 11 is 7.61. The summed E-state index contributed by atoms with van der Waals surface area (Å²) < 4.78 is 1.28. The van der Waals surface area contributed by atoms with Gasteiger partial charge in [-0.05, 0) is 0 Å². The first-order valence-corrected chi connectivity index (χ1v) is 1.48. The fourth-order valence-corrected chi connectivity index (χ4v) is 0. The fraction of sp³-hybridized carbons (Fsp3) is 0. The van der Waals surface area contributed by atoms with Crippen molar-refractivity contribution in [3.8, 4) is 0 Å². The van der Waals surface area contributed by atoms with E-state index >= 15 is 0 Å². The first-order chi connectivity index (χ1) is 1.41. The standard InChI is InChI=1S/CH2S2.K.H/c2-1-3;;/h1H,(H,2,3);;. The van der Waals surface area contributed by atoms with Crippen LogP contribution in [0.4, 0.5) is 0 Å². The summed E-state index contributed by atoms with van der Waals surface area (Å²) in [6.45, 7) is 0. The summed E-state index contributed by atoms with van der Waals surface area (Å²) in [5.74, 6) is 0. The van der Waals surface area contributed by atoms with E-state index in [-0.39, 0.29) is 51.4 Å². The minimum atomic E-state index is 0. The Morgan fingerprint density at radius 2 is 1.75 bits per heavy atom. The molecule has 0 aliphatic carbocycles. The third-order valence-electron chi connectivity index (χ3n) is 0. The van der Waals surface area contributed by atoms with Crippen molar-refractivity contribution < 1.29 is 0 Å². The maximum atomic E-state index is 4.13. The molecule has 3 heteroatoms. The van der Waals surface area contributed by atoms with Crippen molar-refractivity contribution >= 4 is 80.9 Å². The van der Waals surface area contributed by atoms with Crippen LogP contribution in [0.2, 0.25) is 0 Å². The van der Waals surface area contributed by atoms with Crippen molar-refractivity contribution in [3.63, 3.8) is 0 Å². The molecule has 0 heterocycles. The average molecular weight is 118 g/mol. The Bertz CT molecular complexity index is 13.5. The molecule has 0 atom stereocenters. The van der Waals surface area contributed by atoms with Gasteiger partial charge in [0.05, 0.1) is 0 Å². The molecule has 0 aromatic heterocycles. The molecular formula is CH3KS2. The molecule has 0 bridgehead atoms. The number of hydrogen-bond acceptors (Lipinski definition) is 1. The average Bonchev–Trinajstić information content (AvgIpc) is 0.918. The van der Waals surface area contributed by atoms with E-state index in [1.807, 2.05) is 0 Å². The minimum absolute atomic E-state index is 0. The van der Waals surface area contributed by atoms with Crippen molar-refractivity contribution in [2.45, 2.75) is 0 Å². The molecule has 20 valence electrons. The molecule has 0 saturated heterocycles. The Labute approximate surface area is 79.2 Å². The summed E-state index contributed by atoms with van der Waals surface area (Å²) in [6.07, 6.45) is 0. The molecule has 0 radical (unpaired) electrons. The predicted octanol–water partition coefficient (Wildman–Crippen LogP) is 0.225. The van der Waals surface area contributed by atoms with Gasteiger partial charge in [0, 0.05) is 4.70 Å². The normalized spacial score (nSPS) is 3.25. The van der Waals surface area contributed by atoms with Crippen LogP contribution in [0.1, 0.15) is 0 Å². The second-order valence-corrected chi connectivity index (χ2v) is 0.949. The van der Waals surface area contributed by atoms with Gasteiger partial charge in [-0.25, -0.2) is 0 Å². The Morgan fingerprint density at radius 1 is 1.75 bits per heavy atom. The van der Waals surface area contributed by atoms with Crippen LogP contribution in [0, 0.1) is 0 Å². The van der Waals surface area contributed by atoms with E-state index in [4.69, 9.17) is 0 Å². The van der Waals surface area contributed by atoms with Crippen LogP contribution < -0.4 is 0 Å². The van der Waals surface area contributed by atoms with Gasteiger partial charge in [0.25, 0.3) is 0 Å². The SMILES string of the molecule is S=CS.[KH]. The Kier molecular flexibility index (Phi) is 21.0. The second-order valence-electron chi connectivity index (χ2n) is 0.105. The summed E-state index contributed by atoms with van der Waals surface area (Å²) in [4.78, 5) is 0. The Balaban J connectivity index is 0. The number of thiocarbonyl (C=S) groups is 1. The van der Waals surface area contributed by atoms with Crippen LogP contribution in [0.15, 0.2) is 0 Å². The first kappa shape index (κ1) is 9.42. The summed E-state index contributed by atoms with van der Waals surface area (Å²) in [5, 5.41) is 0. The topological polar surface area (TPSA) is 0 Å². The van der Waals surface area contributed by atoms with Crippen molar-refractivity contribution in [1.29, 1.82) is 0 Å². The summed E-state index contributed by atoms with van der Waals surface area (Å²) in [6, 6.07) is 0. The molecular weight excluding hydrogens is 115 g/mol. The third-order valence-corrected chi connectivity index (χ3v) is 0. The predicted molar refractivity (Wildman–Crippen MR) is 29.8 cm³/mol. The maximum absolute atomic E-state index is 4.13. The van der Waals surface area contributed by atoms with E-state index < -0.39 is 0 Å². The van der Waals surface area contributed by atoms with Crippen molar-refractivity contribution in [1.82, 2.24) is 0 Å². The van der Waals surface area contributed by atoms with E-state index in [1.165, 1.54) is 4.70 Å². The molecule has 0 aliphatic rings. The molecule has 0 aliphatic heterocycles. The van der Waals surface area contributed by atoms with Crippen LogP contribution in [-0.4, -0.2) is 56.1 Å². The molecule has 0 amide bonds. The number of hydrogen-bond donors (Lipinski definition) is 1. The van der Waals surface area contributed by atoms with E-state index in [9.17, 15) is 0 Å². The molecule has 0 aromatic carbocycles. The zero-order valence-electron chi connectivity index (χ0n) is 1.43. The van der Waals surface area contributed by atoms with Crippen LogP contribution in [-0.2, 0) is 0 Å². The quantitative estimate of drug-likeness (QED) is 0.270.